The average Bonchev–Trinajstić information content (AvgIpc) is 3.00. The molecular formula is C24H25F6N5O4. The molecule has 1 aliphatic rings. The van der Waals surface area contributed by atoms with Gasteiger partial charge in [0, 0.05) is 49.4 Å². The Kier molecular flexibility index (Phi) is 10.5. The van der Waals surface area contributed by atoms with Gasteiger partial charge in [-0.2, -0.15) is 31.4 Å². The number of fused-ring (bicyclic) bond motifs is 1. The molecule has 0 aliphatic carbocycles. The normalized spacial score (nSPS) is 13.6. The van der Waals surface area contributed by atoms with Crippen LogP contribution >= 0.6 is 0 Å². The monoisotopic (exact) mass is 561 g/mol. The van der Waals surface area contributed by atoms with Crippen LogP contribution in [0.5, 0.6) is 0 Å². The van der Waals surface area contributed by atoms with Gasteiger partial charge in [-0.1, -0.05) is 6.07 Å². The maximum atomic E-state index is 10.6. The molecule has 3 aromatic heterocycles. The zero-order valence-corrected chi connectivity index (χ0v) is 20.8. The molecule has 9 nitrogen and oxygen atoms in total. The quantitative estimate of drug-likeness (QED) is 0.452. The summed E-state index contributed by atoms with van der Waals surface area (Å²) in [5, 5.41) is 19.0. The SMILES string of the molecule is Cc1cccc(CN2CCCc3c(-c4cccnc4)nn(C)c3C2)n1.O=C(O)C(F)(F)F.O=C(O)C(F)(F)F. The third-order valence-electron chi connectivity index (χ3n) is 5.30. The molecule has 3 aromatic rings. The number of halogens is 6. The van der Waals surface area contributed by atoms with Gasteiger partial charge >= 0.3 is 24.3 Å². The molecule has 15 heteroatoms. The molecule has 0 unspecified atom stereocenters. The van der Waals surface area contributed by atoms with Crippen LogP contribution in [0.15, 0.2) is 42.7 Å². The van der Waals surface area contributed by atoms with E-state index in [4.69, 9.17) is 24.9 Å². The molecule has 0 aromatic carbocycles. The van der Waals surface area contributed by atoms with E-state index in [1.54, 1.807) is 0 Å². The summed E-state index contributed by atoms with van der Waals surface area (Å²) in [4.78, 5) is 29.2. The van der Waals surface area contributed by atoms with E-state index in [1.165, 1.54) is 11.3 Å². The number of carbonyl (C=O) groups is 2. The van der Waals surface area contributed by atoms with Crippen LogP contribution in [0.25, 0.3) is 11.3 Å². The minimum atomic E-state index is -5.08. The highest BCUT2D eigenvalue weighted by atomic mass is 19.4. The molecule has 0 bridgehead atoms. The number of hydrogen-bond acceptors (Lipinski definition) is 6. The van der Waals surface area contributed by atoms with Crippen molar-refractivity contribution in [2.75, 3.05) is 6.54 Å². The molecule has 0 amide bonds. The lowest BCUT2D eigenvalue weighted by Crippen LogP contribution is -2.24. The maximum absolute atomic E-state index is 10.6. The average molecular weight is 561 g/mol. The number of aromatic nitrogens is 4. The summed E-state index contributed by atoms with van der Waals surface area (Å²) in [5.41, 5.74) is 7.08. The minimum Gasteiger partial charge on any atom is -0.475 e. The summed E-state index contributed by atoms with van der Waals surface area (Å²) in [7, 11) is 2.05. The Morgan fingerprint density at radius 2 is 1.62 bits per heavy atom. The first-order chi connectivity index (χ1) is 18.1. The predicted molar refractivity (Wildman–Crippen MR) is 125 cm³/mol. The molecule has 212 valence electrons. The second-order valence-corrected chi connectivity index (χ2v) is 8.33. The van der Waals surface area contributed by atoms with Crippen molar-refractivity contribution in [1.29, 1.82) is 0 Å². The van der Waals surface area contributed by atoms with Crippen molar-refractivity contribution < 1.29 is 46.1 Å². The van der Waals surface area contributed by atoms with E-state index < -0.39 is 24.3 Å². The van der Waals surface area contributed by atoms with E-state index in [-0.39, 0.29) is 0 Å². The lowest BCUT2D eigenvalue weighted by Gasteiger charge is -2.20. The van der Waals surface area contributed by atoms with Gasteiger partial charge in [-0.25, -0.2) is 9.59 Å². The summed E-state index contributed by atoms with van der Waals surface area (Å²) in [6.07, 6.45) is -4.26. The zero-order chi connectivity index (χ0) is 29.4. The van der Waals surface area contributed by atoms with Gasteiger partial charge in [0.25, 0.3) is 0 Å². The Balaban J connectivity index is 0.000000317. The van der Waals surface area contributed by atoms with Crippen LogP contribution in [0.3, 0.4) is 0 Å². The molecule has 4 rings (SSSR count). The molecule has 0 atom stereocenters. The van der Waals surface area contributed by atoms with Crippen LogP contribution in [0.4, 0.5) is 26.3 Å². The molecule has 0 fully saturated rings. The van der Waals surface area contributed by atoms with Crippen molar-refractivity contribution in [2.24, 2.45) is 7.05 Å². The number of rotatable bonds is 3. The summed E-state index contributed by atoms with van der Waals surface area (Å²) >= 11 is 0. The summed E-state index contributed by atoms with van der Waals surface area (Å²) < 4.78 is 65.5. The highest BCUT2D eigenvalue weighted by Crippen LogP contribution is 2.29. The summed E-state index contributed by atoms with van der Waals surface area (Å²) in [6.45, 7) is 4.92. The van der Waals surface area contributed by atoms with Crippen LogP contribution in [-0.4, -0.2) is 65.7 Å². The minimum absolute atomic E-state index is 0.883. The zero-order valence-electron chi connectivity index (χ0n) is 20.8. The number of carboxylic acid groups (broad SMARTS) is 2. The topological polar surface area (TPSA) is 121 Å². The van der Waals surface area contributed by atoms with E-state index in [9.17, 15) is 26.3 Å². The first kappa shape index (κ1) is 31.2. The van der Waals surface area contributed by atoms with Crippen molar-refractivity contribution in [2.45, 2.75) is 45.2 Å². The van der Waals surface area contributed by atoms with Crippen LogP contribution in [-0.2, 0) is 36.1 Å². The van der Waals surface area contributed by atoms with Crippen LogP contribution < -0.4 is 0 Å². The molecule has 0 spiro atoms. The largest absolute Gasteiger partial charge is 0.490 e. The third-order valence-corrected chi connectivity index (χ3v) is 5.30. The Labute approximate surface area is 218 Å². The molecule has 4 heterocycles. The fourth-order valence-corrected chi connectivity index (χ4v) is 3.62. The van der Waals surface area contributed by atoms with Gasteiger partial charge in [0.1, 0.15) is 0 Å². The standard InChI is InChI=1S/C20H23N5.2C2HF3O2/c1-15-6-3-8-17(22-15)13-25-11-5-9-18-19(14-25)24(2)23-20(18)16-7-4-10-21-12-16;2*3-2(4,5)1(6)7/h3-4,6-8,10,12H,5,9,11,13-14H2,1-2H3;2*(H,6,7). The number of nitrogens with zero attached hydrogens (tertiary/aromatic N) is 5. The lowest BCUT2D eigenvalue weighted by atomic mass is 10.0. The third kappa shape index (κ3) is 9.67. The Morgan fingerprint density at radius 3 is 2.13 bits per heavy atom. The molecular weight excluding hydrogens is 536 g/mol. The molecule has 39 heavy (non-hydrogen) atoms. The molecule has 0 saturated carbocycles. The lowest BCUT2D eigenvalue weighted by molar-refractivity contribution is -0.193. The summed E-state index contributed by atoms with van der Waals surface area (Å²) in [6, 6.07) is 10.3. The fraction of sp³-hybridized carbons (Fsp3) is 0.375. The van der Waals surface area contributed by atoms with Crippen LogP contribution in [0, 0.1) is 6.92 Å². The molecule has 1 aliphatic heterocycles. The van der Waals surface area contributed by atoms with E-state index >= 15 is 0 Å². The number of pyridine rings is 2. The number of hydrogen-bond donors (Lipinski definition) is 2. The first-order valence-electron chi connectivity index (χ1n) is 11.3. The maximum Gasteiger partial charge on any atom is 0.490 e. The van der Waals surface area contributed by atoms with Crippen LogP contribution in [0.2, 0.25) is 0 Å². The van der Waals surface area contributed by atoms with Gasteiger partial charge in [0.2, 0.25) is 0 Å². The highest BCUT2D eigenvalue weighted by molar-refractivity contribution is 5.73. The molecule has 0 saturated heterocycles. The van der Waals surface area contributed by atoms with E-state index in [0.29, 0.717) is 0 Å². The van der Waals surface area contributed by atoms with Crippen molar-refractivity contribution in [3.8, 4) is 11.3 Å². The number of aliphatic carboxylic acids is 2. The Bertz CT molecular complexity index is 1240. The van der Waals surface area contributed by atoms with Gasteiger partial charge in [-0.3, -0.25) is 19.5 Å². The number of alkyl halides is 6. The highest BCUT2D eigenvalue weighted by Gasteiger charge is 2.38. The van der Waals surface area contributed by atoms with Gasteiger partial charge in [0.05, 0.1) is 17.1 Å². The molecule has 2 N–H and O–H groups in total. The number of aryl methyl sites for hydroxylation is 2. The van der Waals surface area contributed by atoms with Crippen molar-refractivity contribution in [3.63, 3.8) is 0 Å². The van der Waals surface area contributed by atoms with E-state index in [1.807, 2.05) is 43.2 Å². The summed E-state index contributed by atoms with van der Waals surface area (Å²) in [5.74, 6) is -5.51. The smallest absolute Gasteiger partial charge is 0.475 e. The first-order valence-corrected chi connectivity index (χ1v) is 11.3. The van der Waals surface area contributed by atoms with Crippen molar-refractivity contribution in [1.82, 2.24) is 24.6 Å². The van der Waals surface area contributed by atoms with E-state index in [2.05, 4.69) is 33.1 Å². The number of carboxylic acids is 2. The van der Waals surface area contributed by atoms with Gasteiger partial charge in [0.15, 0.2) is 0 Å². The van der Waals surface area contributed by atoms with Gasteiger partial charge < -0.3 is 10.2 Å². The second kappa shape index (κ2) is 13.2. The van der Waals surface area contributed by atoms with Gasteiger partial charge in [-0.05, 0) is 50.6 Å². The van der Waals surface area contributed by atoms with Gasteiger partial charge in [-0.15, -0.1) is 0 Å². The predicted octanol–water partition coefficient (Wildman–Crippen LogP) is 4.40. The van der Waals surface area contributed by atoms with Crippen molar-refractivity contribution in [3.05, 3.63) is 65.4 Å². The second-order valence-electron chi connectivity index (χ2n) is 8.33. The Hall–Kier alpha value is -4.01. The van der Waals surface area contributed by atoms with E-state index in [0.717, 1.165) is 55.1 Å². The molecule has 0 radical (unpaired) electrons. The van der Waals surface area contributed by atoms with Crippen LogP contribution in [0.1, 0.15) is 29.1 Å². The fourth-order valence-electron chi connectivity index (χ4n) is 3.62. The van der Waals surface area contributed by atoms with Crippen molar-refractivity contribution >= 4 is 11.9 Å². The Morgan fingerprint density at radius 1 is 1.00 bits per heavy atom.